The maximum atomic E-state index is 12.3. The molecule has 23 heavy (non-hydrogen) atoms. The highest BCUT2D eigenvalue weighted by Crippen LogP contribution is 2.25. The summed E-state index contributed by atoms with van der Waals surface area (Å²) in [6, 6.07) is 9.93. The summed E-state index contributed by atoms with van der Waals surface area (Å²) in [6.07, 6.45) is 0.907. The molecule has 1 fully saturated rings. The molecule has 0 aromatic heterocycles. The number of amides is 1. The lowest BCUT2D eigenvalue weighted by Gasteiger charge is -2.16. The van der Waals surface area contributed by atoms with E-state index in [9.17, 15) is 14.7 Å². The van der Waals surface area contributed by atoms with E-state index in [0.29, 0.717) is 32.1 Å². The Bertz CT molecular complexity index is 530. The van der Waals surface area contributed by atoms with E-state index in [2.05, 4.69) is 24.1 Å². The Hall–Kier alpha value is -1.88. The van der Waals surface area contributed by atoms with Gasteiger partial charge < -0.3 is 10.4 Å². The molecule has 0 saturated carbocycles. The third-order valence-electron chi connectivity index (χ3n) is 4.32. The van der Waals surface area contributed by atoms with Gasteiger partial charge in [-0.1, -0.05) is 44.2 Å². The fourth-order valence-electron chi connectivity index (χ4n) is 2.99. The van der Waals surface area contributed by atoms with E-state index in [0.717, 1.165) is 12.0 Å². The predicted octanol–water partition coefficient (Wildman–Crippen LogP) is 1.98. The number of carbonyl (C=O) groups is 2. The Labute approximate surface area is 137 Å². The molecule has 1 aliphatic rings. The zero-order valence-electron chi connectivity index (χ0n) is 13.9. The van der Waals surface area contributed by atoms with Crippen LogP contribution in [0.2, 0.25) is 0 Å². The number of nitrogens with zero attached hydrogens (tertiary/aromatic N) is 1. The Morgan fingerprint density at radius 1 is 1.22 bits per heavy atom. The molecule has 2 unspecified atom stereocenters. The van der Waals surface area contributed by atoms with Crippen molar-refractivity contribution in [3.63, 3.8) is 0 Å². The molecule has 5 heteroatoms. The number of benzene rings is 1. The minimum Gasteiger partial charge on any atom is -0.481 e. The summed E-state index contributed by atoms with van der Waals surface area (Å²) >= 11 is 0. The van der Waals surface area contributed by atoms with Crippen LogP contribution in [0.4, 0.5) is 0 Å². The maximum absolute atomic E-state index is 12.3. The molecule has 0 radical (unpaired) electrons. The summed E-state index contributed by atoms with van der Waals surface area (Å²) in [5, 5.41) is 12.3. The monoisotopic (exact) mass is 318 g/mol. The van der Waals surface area contributed by atoms with Crippen molar-refractivity contribution in [3.8, 4) is 0 Å². The van der Waals surface area contributed by atoms with Gasteiger partial charge in [0.2, 0.25) is 5.91 Å². The molecule has 1 amide bonds. The Morgan fingerprint density at radius 2 is 1.87 bits per heavy atom. The van der Waals surface area contributed by atoms with Crippen LogP contribution in [0.15, 0.2) is 30.3 Å². The van der Waals surface area contributed by atoms with Crippen molar-refractivity contribution in [3.05, 3.63) is 35.9 Å². The van der Waals surface area contributed by atoms with E-state index in [1.165, 1.54) is 0 Å². The van der Waals surface area contributed by atoms with E-state index in [-0.39, 0.29) is 5.91 Å². The summed E-state index contributed by atoms with van der Waals surface area (Å²) in [5.41, 5.74) is 1.14. The molecule has 0 bridgehead atoms. The van der Waals surface area contributed by atoms with Gasteiger partial charge in [-0.05, 0) is 17.9 Å². The number of nitrogens with one attached hydrogen (secondary N) is 1. The highest BCUT2D eigenvalue weighted by molar-refractivity contribution is 5.85. The largest absolute Gasteiger partial charge is 0.481 e. The number of carbonyl (C=O) groups excluding carboxylic acids is 1. The average Bonchev–Trinajstić information content (AvgIpc) is 2.92. The van der Waals surface area contributed by atoms with Gasteiger partial charge >= 0.3 is 5.97 Å². The molecule has 1 saturated heterocycles. The highest BCUT2D eigenvalue weighted by Gasteiger charge is 2.41. The first-order chi connectivity index (χ1) is 11.0. The average molecular weight is 318 g/mol. The molecule has 2 N–H and O–H groups in total. The van der Waals surface area contributed by atoms with Crippen molar-refractivity contribution in [2.75, 3.05) is 19.6 Å². The molecule has 5 nitrogen and oxygen atoms in total. The molecule has 1 aromatic rings. The van der Waals surface area contributed by atoms with Crippen LogP contribution in [0.5, 0.6) is 0 Å². The fraction of sp³-hybridized carbons (Fsp3) is 0.556. The van der Waals surface area contributed by atoms with E-state index in [1.54, 1.807) is 0 Å². The molecule has 0 aliphatic carbocycles. The number of hydrogen-bond donors (Lipinski definition) is 2. The third-order valence-corrected chi connectivity index (χ3v) is 4.32. The Kier molecular flexibility index (Phi) is 6.16. The first kappa shape index (κ1) is 17.5. The summed E-state index contributed by atoms with van der Waals surface area (Å²) in [4.78, 5) is 25.9. The standard InChI is InChI=1S/C18H26N2O3/c1-13(2)8-9-19-17(21)15-11-20(12-16(15)18(22)23)10-14-6-4-3-5-7-14/h3-7,13,15-16H,8-12H2,1-2H3,(H,19,21)(H,22,23). The summed E-state index contributed by atoms with van der Waals surface area (Å²) in [7, 11) is 0. The van der Waals surface area contributed by atoms with Crippen LogP contribution in [0, 0.1) is 17.8 Å². The topological polar surface area (TPSA) is 69.6 Å². The third kappa shape index (κ3) is 5.06. The smallest absolute Gasteiger partial charge is 0.308 e. The predicted molar refractivity (Wildman–Crippen MR) is 88.8 cm³/mol. The van der Waals surface area contributed by atoms with E-state index in [4.69, 9.17) is 0 Å². The van der Waals surface area contributed by atoms with Gasteiger partial charge in [0.05, 0.1) is 11.8 Å². The van der Waals surface area contributed by atoms with Crippen molar-refractivity contribution >= 4 is 11.9 Å². The van der Waals surface area contributed by atoms with Crippen LogP contribution in [-0.4, -0.2) is 41.5 Å². The SMILES string of the molecule is CC(C)CCNC(=O)C1CN(Cc2ccccc2)CC1C(=O)O. The molecule has 2 atom stereocenters. The summed E-state index contributed by atoms with van der Waals surface area (Å²) in [6.45, 7) is 6.41. The minimum atomic E-state index is -0.885. The van der Waals surface area contributed by atoms with Gasteiger partial charge in [-0.3, -0.25) is 14.5 Å². The first-order valence-corrected chi connectivity index (χ1v) is 8.24. The van der Waals surface area contributed by atoms with Gasteiger partial charge in [-0.2, -0.15) is 0 Å². The molecule has 126 valence electrons. The number of carboxylic acid groups (broad SMARTS) is 1. The van der Waals surface area contributed by atoms with Crippen LogP contribution in [0.25, 0.3) is 0 Å². The van der Waals surface area contributed by atoms with Crippen molar-refractivity contribution in [1.29, 1.82) is 0 Å². The fourth-order valence-corrected chi connectivity index (χ4v) is 2.99. The van der Waals surface area contributed by atoms with E-state index in [1.807, 2.05) is 30.3 Å². The summed E-state index contributed by atoms with van der Waals surface area (Å²) < 4.78 is 0. The maximum Gasteiger partial charge on any atom is 0.308 e. The van der Waals surface area contributed by atoms with Crippen molar-refractivity contribution < 1.29 is 14.7 Å². The van der Waals surface area contributed by atoms with Crippen LogP contribution in [0.3, 0.4) is 0 Å². The summed E-state index contributed by atoms with van der Waals surface area (Å²) in [5.74, 6) is -1.59. The van der Waals surface area contributed by atoms with Crippen LogP contribution < -0.4 is 5.32 Å². The van der Waals surface area contributed by atoms with Crippen LogP contribution >= 0.6 is 0 Å². The molecule has 2 rings (SSSR count). The number of hydrogen-bond acceptors (Lipinski definition) is 3. The second-order valence-corrected chi connectivity index (χ2v) is 6.70. The van der Waals surface area contributed by atoms with Gasteiger partial charge in [0.1, 0.15) is 0 Å². The quantitative estimate of drug-likeness (QED) is 0.806. The van der Waals surface area contributed by atoms with Gasteiger partial charge in [0.15, 0.2) is 0 Å². The Morgan fingerprint density at radius 3 is 2.48 bits per heavy atom. The number of likely N-dealkylation sites (tertiary alicyclic amines) is 1. The van der Waals surface area contributed by atoms with Crippen LogP contribution in [-0.2, 0) is 16.1 Å². The van der Waals surface area contributed by atoms with Gasteiger partial charge in [0.25, 0.3) is 0 Å². The second-order valence-electron chi connectivity index (χ2n) is 6.70. The second kappa shape index (κ2) is 8.11. The van der Waals surface area contributed by atoms with Crippen molar-refractivity contribution in [2.24, 2.45) is 17.8 Å². The molecule has 1 aromatic carbocycles. The molecular weight excluding hydrogens is 292 g/mol. The van der Waals surface area contributed by atoms with Crippen molar-refractivity contribution in [2.45, 2.75) is 26.8 Å². The number of rotatable bonds is 7. The van der Waals surface area contributed by atoms with E-state index < -0.39 is 17.8 Å². The zero-order chi connectivity index (χ0) is 16.8. The van der Waals surface area contributed by atoms with Crippen LogP contribution in [0.1, 0.15) is 25.8 Å². The Balaban J connectivity index is 1.95. The molecule has 1 aliphatic heterocycles. The molecular formula is C18H26N2O3. The lowest BCUT2D eigenvalue weighted by atomic mass is 9.95. The number of carboxylic acids is 1. The first-order valence-electron chi connectivity index (χ1n) is 8.24. The van der Waals surface area contributed by atoms with Gasteiger partial charge in [-0.25, -0.2) is 0 Å². The van der Waals surface area contributed by atoms with E-state index >= 15 is 0 Å². The van der Waals surface area contributed by atoms with Gasteiger partial charge in [0, 0.05) is 26.2 Å². The zero-order valence-corrected chi connectivity index (χ0v) is 13.9. The highest BCUT2D eigenvalue weighted by atomic mass is 16.4. The minimum absolute atomic E-state index is 0.131. The molecule has 0 spiro atoms. The van der Waals surface area contributed by atoms with Crippen molar-refractivity contribution in [1.82, 2.24) is 10.2 Å². The lowest BCUT2D eigenvalue weighted by Crippen LogP contribution is -2.38. The lowest BCUT2D eigenvalue weighted by molar-refractivity contribution is -0.145. The van der Waals surface area contributed by atoms with Gasteiger partial charge in [-0.15, -0.1) is 0 Å². The normalized spacial score (nSPS) is 21.5. The molecule has 1 heterocycles. The number of aliphatic carboxylic acids is 1.